The van der Waals surface area contributed by atoms with Crippen LogP contribution in [0.4, 0.5) is 24.5 Å². The van der Waals surface area contributed by atoms with Gasteiger partial charge in [0.25, 0.3) is 5.91 Å². The highest BCUT2D eigenvalue weighted by molar-refractivity contribution is 6.08. The van der Waals surface area contributed by atoms with Crippen LogP contribution < -0.4 is 14.5 Å². The number of benzene rings is 2. The number of hydrogen-bond acceptors (Lipinski definition) is 5. The number of carbonyl (C=O) groups excluding carboxylic acids is 1. The average molecular weight is 483 g/mol. The third-order valence-corrected chi connectivity index (χ3v) is 6.35. The Bertz CT molecular complexity index is 1280. The molecule has 1 aromatic heterocycles. The molecule has 0 atom stereocenters. The molecule has 1 amide bonds. The molecule has 3 heterocycles. The normalized spacial score (nSPS) is 16.3. The standard InChI is InChI=1S/C25H24F3N5O2/c1-16-29-13-3-14-31(16)17-4-6-18(7-5-17)32-15-12-21-22(24(32)34)33(30-23(21)25(26,27)28)19-8-10-20(35-2)11-9-19/h4-11H,3,12-15H2,1-2H3. The van der Waals surface area contributed by atoms with Gasteiger partial charge < -0.3 is 14.5 Å². The molecule has 0 saturated heterocycles. The van der Waals surface area contributed by atoms with E-state index in [-0.39, 0.29) is 24.2 Å². The van der Waals surface area contributed by atoms with Gasteiger partial charge in [0.2, 0.25) is 0 Å². The number of rotatable bonds is 4. The van der Waals surface area contributed by atoms with E-state index in [1.165, 1.54) is 12.0 Å². The minimum absolute atomic E-state index is 0.0473. The molecule has 0 spiro atoms. The van der Waals surface area contributed by atoms with Crippen molar-refractivity contribution in [3.8, 4) is 11.4 Å². The first kappa shape index (κ1) is 22.9. The zero-order chi connectivity index (χ0) is 24.7. The number of anilines is 2. The molecule has 0 bridgehead atoms. The number of ether oxygens (including phenoxy) is 1. The van der Waals surface area contributed by atoms with Crippen LogP contribution in [0.15, 0.2) is 53.5 Å². The molecule has 0 aliphatic carbocycles. The predicted octanol–water partition coefficient (Wildman–Crippen LogP) is 4.73. The summed E-state index contributed by atoms with van der Waals surface area (Å²) in [6.07, 6.45) is -3.66. The lowest BCUT2D eigenvalue weighted by Gasteiger charge is -2.30. The summed E-state index contributed by atoms with van der Waals surface area (Å²) >= 11 is 0. The highest BCUT2D eigenvalue weighted by Crippen LogP contribution is 2.37. The third kappa shape index (κ3) is 4.13. The highest BCUT2D eigenvalue weighted by Gasteiger charge is 2.43. The number of halogens is 3. The number of aromatic nitrogens is 2. The Balaban J connectivity index is 1.51. The Labute approximate surface area is 200 Å². The Kier molecular flexibility index (Phi) is 5.74. The Morgan fingerprint density at radius 3 is 2.14 bits per heavy atom. The van der Waals surface area contributed by atoms with E-state index < -0.39 is 17.8 Å². The second-order valence-corrected chi connectivity index (χ2v) is 8.44. The molecule has 35 heavy (non-hydrogen) atoms. The van der Waals surface area contributed by atoms with Crippen molar-refractivity contribution in [2.75, 3.05) is 36.5 Å². The van der Waals surface area contributed by atoms with E-state index in [0.717, 1.165) is 35.7 Å². The number of nitrogens with zero attached hydrogens (tertiary/aromatic N) is 5. The van der Waals surface area contributed by atoms with Gasteiger partial charge in [0.1, 0.15) is 17.3 Å². The topological polar surface area (TPSA) is 63.0 Å². The summed E-state index contributed by atoms with van der Waals surface area (Å²) in [5.41, 5.74) is 0.757. The Morgan fingerprint density at radius 1 is 0.914 bits per heavy atom. The van der Waals surface area contributed by atoms with Crippen LogP contribution in [0, 0.1) is 0 Å². The zero-order valence-corrected chi connectivity index (χ0v) is 19.3. The van der Waals surface area contributed by atoms with Gasteiger partial charge in [-0.05, 0) is 68.3 Å². The first-order valence-electron chi connectivity index (χ1n) is 11.3. The van der Waals surface area contributed by atoms with Gasteiger partial charge in [-0.15, -0.1) is 0 Å². The van der Waals surface area contributed by atoms with Crippen LogP contribution in [0.2, 0.25) is 0 Å². The van der Waals surface area contributed by atoms with Crippen LogP contribution in [-0.2, 0) is 12.6 Å². The summed E-state index contributed by atoms with van der Waals surface area (Å²) in [4.78, 5) is 21.6. The van der Waals surface area contributed by atoms with Crippen LogP contribution in [-0.4, -0.2) is 48.3 Å². The Hall–Kier alpha value is -3.82. The van der Waals surface area contributed by atoms with Crippen molar-refractivity contribution < 1.29 is 22.7 Å². The second-order valence-electron chi connectivity index (χ2n) is 8.44. The van der Waals surface area contributed by atoms with E-state index in [1.807, 2.05) is 31.2 Å². The summed E-state index contributed by atoms with van der Waals surface area (Å²) in [6.45, 7) is 3.77. The predicted molar refractivity (Wildman–Crippen MR) is 127 cm³/mol. The SMILES string of the molecule is COc1ccc(-n2nc(C(F)(F)F)c3c2C(=O)N(c2ccc(N4CCCN=C4C)cc2)CC3)cc1. The molecular formula is C25H24F3N5O2. The quantitative estimate of drug-likeness (QED) is 0.538. The van der Waals surface area contributed by atoms with Gasteiger partial charge in [-0.25, -0.2) is 4.68 Å². The van der Waals surface area contributed by atoms with Gasteiger partial charge in [0.15, 0.2) is 5.69 Å². The van der Waals surface area contributed by atoms with E-state index in [0.29, 0.717) is 17.1 Å². The van der Waals surface area contributed by atoms with Crippen LogP contribution in [0.25, 0.3) is 5.69 Å². The molecule has 3 aromatic rings. The summed E-state index contributed by atoms with van der Waals surface area (Å²) < 4.78 is 47.6. The molecule has 7 nitrogen and oxygen atoms in total. The third-order valence-electron chi connectivity index (χ3n) is 6.35. The maximum atomic E-state index is 13.8. The van der Waals surface area contributed by atoms with Gasteiger partial charge in [-0.3, -0.25) is 9.79 Å². The van der Waals surface area contributed by atoms with Crippen molar-refractivity contribution >= 4 is 23.1 Å². The van der Waals surface area contributed by atoms with Gasteiger partial charge >= 0.3 is 6.18 Å². The van der Waals surface area contributed by atoms with E-state index in [4.69, 9.17) is 4.74 Å². The average Bonchev–Trinajstić information content (AvgIpc) is 3.26. The fourth-order valence-corrected chi connectivity index (χ4v) is 4.59. The minimum atomic E-state index is -4.67. The summed E-state index contributed by atoms with van der Waals surface area (Å²) in [7, 11) is 1.50. The summed E-state index contributed by atoms with van der Waals surface area (Å²) in [5.74, 6) is 0.965. The van der Waals surface area contributed by atoms with Crippen LogP contribution in [0.5, 0.6) is 5.75 Å². The molecule has 0 unspecified atom stereocenters. The molecule has 0 N–H and O–H groups in total. The number of hydrogen-bond donors (Lipinski definition) is 0. The molecule has 2 aliphatic rings. The van der Waals surface area contributed by atoms with E-state index in [2.05, 4.69) is 15.0 Å². The lowest BCUT2D eigenvalue weighted by molar-refractivity contribution is -0.141. The lowest BCUT2D eigenvalue weighted by atomic mass is 10.0. The van der Waals surface area contributed by atoms with Crippen molar-refractivity contribution in [3.05, 3.63) is 65.5 Å². The summed E-state index contributed by atoms with van der Waals surface area (Å²) in [5, 5.41) is 3.83. The monoisotopic (exact) mass is 483 g/mol. The molecule has 2 aliphatic heterocycles. The number of alkyl halides is 3. The van der Waals surface area contributed by atoms with Gasteiger partial charge in [-0.2, -0.15) is 18.3 Å². The Morgan fingerprint density at radius 2 is 1.54 bits per heavy atom. The van der Waals surface area contributed by atoms with Crippen molar-refractivity contribution in [1.29, 1.82) is 0 Å². The number of methoxy groups -OCH3 is 1. The maximum Gasteiger partial charge on any atom is 0.435 e. The summed E-state index contributed by atoms with van der Waals surface area (Å²) in [6, 6.07) is 13.8. The molecule has 5 rings (SSSR count). The van der Waals surface area contributed by atoms with Gasteiger partial charge in [0, 0.05) is 36.6 Å². The van der Waals surface area contributed by atoms with E-state index >= 15 is 0 Å². The van der Waals surface area contributed by atoms with Crippen LogP contribution >= 0.6 is 0 Å². The fraction of sp³-hybridized carbons (Fsp3) is 0.320. The zero-order valence-electron chi connectivity index (χ0n) is 19.3. The number of carbonyl (C=O) groups is 1. The van der Waals surface area contributed by atoms with Crippen molar-refractivity contribution in [2.24, 2.45) is 4.99 Å². The van der Waals surface area contributed by atoms with Crippen molar-refractivity contribution in [2.45, 2.75) is 25.9 Å². The second kappa shape index (κ2) is 8.75. The maximum absolute atomic E-state index is 13.8. The number of fused-ring (bicyclic) bond motifs is 1. The number of amidine groups is 1. The molecule has 0 radical (unpaired) electrons. The highest BCUT2D eigenvalue weighted by atomic mass is 19.4. The van der Waals surface area contributed by atoms with Crippen LogP contribution in [0.1, 0.15) is 35.1 Å². The molecule has 182 valence electrons. The molecule has 0 fully saturated rings. The molecule has 10 heteroatoms. The van der Waals surface area contributed by atoms with Crippen LogP contribution in [0.3, 0.4) is 0 Å². The molecular weight excluding hydrogens is 459 g/mol. The smallest absolute Gasteiger partial charge is 0.435 e. The number of aliphatic imine (C=N–C) groups is 1. The van der Waals surface area contributed by atoms with E-state index in [9.17, 15) is 18.0 Å². The first-order chi connectivity index (χ1) is 16.8. The molecule has 0 saturated carbocycles. The van der Waals surface area contributed by atoms with Crippen molar-refractivity contribution in [1.82, 2.24) is 9.78 Å². The fourth-order valence-electron chi connectivity index (χ4n) is 4.59. The first-order valence-corrected chi connectivity index (χ1v) is 11.3. The lowest BCUT2D eigenvalue weighted by Crippen LogP contribution is -2.39. The number of amides is 1. The molecule has 2 aromatic carbocycles. The van der Waals surface area contributed by atoms with E-state index in [1.54, 1.807) is 24.3 Å². The van der Waals surface area contributed by atoms with Gasteiger partial charge in [-0.1, -0.05) is 0 Å². The van der Waals surface area contributed by atoms with Crippen molar-refractivity contribution in [3.63, 3.8) is 0 Å². The minimum Gasteiger partial charge on any atom is -0.497 e. The largest absolute Gasteiger partial charge is 0.497 e. The van der Waals surface area contributed by atoms with Gasteiger partial charge in [0.05, 0.1) is 12.8 Å².